The van der Waals surface area contributed by atoms with Crippen molar-refractivity contribution >= 4 is 50.9 Å². The number of nitrogens with zero attached hydrogens (tertiary/aromatic N) is 2. The highest BCUT2D eigenvalue weighted by Crippen LogP contribution is 2.45. The molecule has 1 aliphatic carbocycles. The molecule has 1 saturated heterocycles. The number of aromatic nitrogens is 1. The summed E-state index contributed by atoms with van der Waals surface area (Å²) in [5, 5.41) is 4.56. The van der Waals surface area contributed by atoms with Gasteiger partial charge in [0, 0.05) is 40.6 Å². The molecule has 0 bridgehead atoms. The van der Waals surface area contributed by atoms with Crippen LogP contribution in [0.25, 0.3) is 21.3 Å². The van der Waals surface area contributed by atoms with Crippen LogP contribution in [0.1, 0.15) is 54.8 Å². The second-order valence-corrected chi connectivity index (χ2v) is 11.2. The molecule has 0 spiro atoms. The average Bonchev–Trinajstić information content (AvgIpc) is 3.33. The number of thiophene rings is 1. The lowest BCUT2D eigenvalue weighted by molar-refractivity contribution is -0.139. The Morgan fingerprint density at radius 1 is 1.17 bits per heavy atom. The molecule has 3 amide bonds. The topological polar surface area (TPSA) is 79.4 Å². The van der Waals surface area contributed by atoms with Crippen molar-refractivity contribution in [2.75, 3.05) is 0 Å². The molecule has 1 N–H and O–H groups in total. The van der Waals surface area contributed by atoms with Gasteiger partial charge in [-0.25, -0.2) is 4.98 Å². The fourth-order valence-electron chi connectivity index (χ4n) is 5.00. The van der Waals surface area contributed by atoms with Gasteiger partial charge in [-0.05, 0) is 51.2 Å². The summed E-state index contributed by atoms with van der Waals surface area (Å²) in [6, 6.07) is 8.32. The molecule has 182 valence electrons. The lowest BCUT2D eigenvalue weighted by atomic mass is 9.85. The maximum absolute atomic E-state index is 12.7. The molecule has 5 rings (SSSR count). The van der Waals surface area contributed by atoms with Crippen LogP contribution in [-0.2, 0) is 33.8 Å². The minimum Gasteiger partial charge on any atom is -0.354 e. The lowest BCUT2D eigenvalue weighted by Crippen LogP contribution is -2.37. The van der Waals surface area contributed by atoms with Crippen molar-refractivity contribution in [1.82, 2.24) is 15.2 Å². The third-order valence-electron chi connectivity index (χ3n) is 6.81. The Hall–Kier alpha value is -2.77. The third kappa shape index (κ3) is 4.47. The van der Waals surface area contributed by atoms with Gasteiger partial charge in [0.25, 0.3) is 0 Å². The van der Waals surface area contributed by atoms with Crippen molar-refractivity contribution in [1.29, 1.82) is 0 Å². The summed E-state index contributed by atoms with van der Waals surface area (Å²) >= 11 is 8.60. The van der Waals surface area contributed by atoms with Crippen molar-refractivity contribution < 1.29 is 14.4 Å². The first-order valence-corrected chi connectivity index (χ1v) is 13.3. The summed E-state index contributed by atoms with van der Waals surface area (Å²) in [6.07, 6.45) is 2.71. The number of nitrogens with one attached hydrogen (secondary N) is 1. The number of carbonyl (C=O) groups is 3. The van der Waals surface area contributed by atoms with Crippen LogP contribution in [0.5, 0.6) is 0 Å². The van der Waals surface area contributed by atoms with Gasteiger partial charge < -0.3 is 5.32 Å². The number of benzene rings is 1. The molecule has 2 aliphatic rings. The number of pyridine rings is 1. The molecule has 2 aromatic heterocycles. The zero-order valence-electron chi connectivity index (χ0n) is 20.1. The molecule has 8 heteroatoms. The van der Waals surface area contributed by atoms with Crippen molar-refractivity contribution in [3.05, 3.63) is 51.0 Å². The number of aryl methyl sites for hydroxylation is 2. The smallest absolute Gasteiger partial charge is 0.230 e. The van der Waals surface area contributed by atoms with E-state index in [1.807, 2.05) is 20.8 Å². The molecule has 1 aliphatic heterocycles. The SMILES string of the molecule is Cc1ccc(-c2c(Cl)c(CN3C(=O)CCC3=O)nc3sc4c(c23)CCC(C(=O)NC(C)C)C4)cc1. The maximum Gasteiger partial charge on any atom is 0.230 e. The van der Waals surface area contributed by atoms with Crippen LogP contribution in [-0.4, -0.2) is 33.6 Å². The zero-order chi connectivity index (χ0) is 24.9. The van der Waals surface area contributed by atoms with Gasteiger partial charge in [0.05, 0.1) is 17.3 Å². The predicted molar refractivity (Wildman–Crippen MR) is 138 cm³/mol. The molecular formula is C27H28ClN3O3S. The Labute approximate surface area is 213 Å². The number of hydrogen-bond donors (Lipinski definition) is 1. The minimum absolute atomic E-state index is 0.0597. The molecule has 1 unspecified atom stereocenters. The van der Waals surface area contributed by atoms with E-state index in [1.54, 1.807) is 11.3 Å². The van der Waals surface area contributed by atoms with Gasteiger partial charge in [-0.15, -0.1) is 11.3 Å². The zero-order valence-corrected chi connectivity index (χ0v) is 21.7. The molecule has 1 atom stereocenters. The fourth-order valence-corrected chi connectivity index (χ4v) is 6.64. The Bertz CT molecular complexity index is 1330. The lowest BCUT2D eigenvalue weighted by Gasteiger charge is -2.23. The molecule has 3 aromatic rings. The first kappa shape index (κ1) is 23.9. The number of carbonyl (C=O) groups excluding carboxylic acids is 3. The predicted octanol–water partition coefficient (Wildman–Crippen LogP) is 5.20. The number of imide groups is 1. The van der Waals surface area contributed by atoms with Crippen molar-refractivity contribution in [2.45, 2.75) is 65.5 Å². The monoisotopic (exact) mass is 509 g/mol. The second-order valence-electron chi connectivity index (χ2n) is 9.77. The van der Waals surface area contributed by atoms with Crippen LogP contribution in [0.15, 0.2) is 24.3 Å². The molecule has 35 heavy (non-hydrogen) atoms. The van der Waals surface area contributed by atoms with Crippen LogP contribution in [0, 0.1) is 12.8 Å². The van der Waals surface area contributed by atoms with E-state index in [-0.39, 0.29) is 49.1 Å². The van der Waals surface area contributed by atoms with Gasteiger partial charge in [0.1, 0.15) is 4.83 Å². The van der Waals surface area contributed by atoms with Gasteiger partial charge in [0.2, 0.25) is 17.7 Å². The summed E-state index contributed by atoms with van der Waals surface area (Å²) in [5.41, 5.74) is 4.77. The first-order valence-electron chi connectivity index (χ1n) is 12.1. The Balaban J connectivity index is 1.63. The van der Waals surface area contributed by atoms with E-state index in [1.165, 1.54) is 10.5 Å². The van der Waals surface area contributed by atoms with Crippen molar-refractivity contribution in [2.24, 2.45) is 5.92 Å². The van der Waals surface area contributed by atoms with Gasteiger partial charge in [0.15, 0.2) is 0 Å². The Kier molecular flexibility index (Phi) is 6.40. The van der Waals surface area contributed by atoms with E-state index in [2.05, 4.69) is 29.6 Å². The van der Waals surface area contributed by atoms with E-state index in [4.69, 9.17) is 16.6 Å². The highest BCUT2D eigenvalue weighted by Gasteiger charge is 2.33. The van der Waals surface area contributed by atoms with Gasteiger partial charge in [-0.2, -0.15) is 0 Å². The quantitative estimate of drug-likeness (QED) is 0.479. The number of halogens is 1. The van der Waals surface area contributed by atoms with Crippen molar-refractivity contribution in [3.63, 3.8) is 0 Å². The Morgan fingerprint density at radius 3 is 2.51 bits per heavy atom. The van der Waals surface area contributed by atoms with Crippen LogP contribution in [0.2, 0.25) is 5.02 Å². The summed E-state index contributed by atoms with van der Waals surface area (Å²) in [6.45, 7) is 6.07. The summed E-state index contributed by atoms with van der Waals surface area (Å²) in [4.78, 5) is 45.4. The number of hydrogen-bond acceptors (Lipinski definition) is 5. The van der Waals surface area contributed by atoms with Crippen molar-refractivity contribution in [3.8, 4) is 11.1 Å². The van der Waals surface area contributed by atoms with Gasteiger partial charge in [-0.3, -0.25) is 19.3 Å². The largest absolute Gasteiger partial charge is 0.354 e. The molecule has 1 aromatic carbocycles. The number of rotatable bonds is 5. The van der Waals surface area contributed by atoms with Gasteiger partial charge in [-0.1, -0.05) is 41.4 Å². The van der Waals surface area contributed by atoms with Crippen LogP contribution in [0.3, 0.4) is 0 Å². The van der Waals surface area contributed by atoms with E-state index in [0.29, 0.717) is 17.1 Å². The van der Waals surface area contributed by atoms with E-state index >= 15 is 0 Å². The fraction of sp³-hybridized carbons (Fsp3) is 0.407. The minimum atomic E-state index is -0.186. The Morgan fingerprint density at radius 2 is 1.86 bits per heavy atom. The molecule has 6 nitrogen and oxygen atoms in total. The van der Waals surface area contributed by atoms with Gasteiger partial charge >= 0.3 is 0 Å². The van der Waals surface area contributed by atoms with Crippen LogP contribution < -0.4 is 5.32 Å². The van der Waals surface area contributed by atoms with E-state index < -0.39 is 0 Å². The molecule has 1 fully saturated rings. The molecular weight excluding hydrogens is 482 g/mol. The maximum atomic E-state index is 12.7. The van der Waals surface area contributed by atoms with Crippen LogP contribution >= 0.6 is 22.9 Å². The highest BCUT2D eigenvalue weighted by molar-refractivity contribution is 7.19. The molecule has 3 heterocycles. The van der Waals surface area contributed by atoms with Crippen LogP contribution in [0.4, 0.5) is 0 Å². The molecule has 0 saturated carbocycles. The van der Waals surface area contributed by atoms with E-state index in [9.17, 15) is 14.4 Å². The standard InChI is InChI=1S/C27H28ClN3O3S/c1-14(2)29-26(34)17-8-9-18-20(12-17)35-27-24(18)23(16-6-4-15(3)5-7-16)25(28)19(30-27)13-31-21(32)10-11-22(31)33/h4-7,14,17H,8-13H2,1-3H3,(H,29,34). The normalized spacial score (nSPS) is 18.0. The summed E-state index contributed by atoms with van der Waals surface area (Å²) in [5.74, 6) is -0.334. The highest BCUT2D eigenvalue weighted by atomic mass is 35.5. The summed E-state index contributed by atoms with van der Waals surface area (Å²) < 4.78 is 0. The number of likely N-dealkylation sites (tertiary alicyclic amines) is 1. The summed E-state index contributed by atoms with van der Waals surface area (Å²) in [7, 11) is 0. The third-order valence-corrected chi connectivity index (χ3v) is 8.37. The van der Waals surface area contributed by atoms with E-state index in [0.717, 1.165) is 44.6 Å². The second kappa shape index (κ2) is 9.36. The number of fused-ring (bicyclic) bond motifs is 3. The molecule has 0 radical (unpaired) electrons. The number of amides is 3. The first-order chi connectivity index (χ1) is 16.7. The average molecular weight is 510 g/mol.